The maximum atomic E-state index is 9.81. The van der Waals surface area contributed by atoms with Gasteiger partial charge in [0.2, 0.25) is 0 Å². The maximum absolute atomic E-state index is 9.81. The zero-order valence-corrected chi connectivity index (χ0v) is 7.63. The van der Waals surface area contributed by atoms with E-state index in [0.717, 1.165) is 12.3 Å². The zero-order valence-electron chi connectivity index (χ0n) is 7.63. The lowest BCUT2D eigenvalue weighted by Crippen LogP contribution is -2.35. The van der Waals surface area contributed by atoms with E-state index in [2.05, 4.69) is 6.58 Å². The van der Waals surface area contributed by atoms with E-state index in [1.807, 2.05) is 0 Å². The average Bonchev–Trinajstić information content (AvgIpc) is 2.04. The summed E-state index contributed by atoms with van der Waals surface area (Å²) < 4.78 is 0. The van der Waals surface area contributed by atoms with Crippen molar-refractivity contribution in [3.8, 4) is 0 Å². The Morgan fingerprint density at radius 2 is 1.92 bits per heavy atom. The molecule has 0 saturated heterocycles. The number of hydrogen-bond acceptors (Lipinski definition) is 1. The molecule has 3 unspecified atom stereocenters. The van der Waals surface area contributed by atoms with E-state index in [0.29, 0.717) is 5.92 Å². The molecule has 2 aliphatic carbocycles. The van der Waals surface area contributed by atoms with Crippen LogP contribution in [0.4, 0.5) is 0 Å². The van der Waals surface area contributed by atoms with Crippen molar-refractivity contribution in [3.05, 3.63) is 12.2 Å². The molecule has 0 radical (unpaired) electrons. The molecule has 3 atom stereocenters. The van der Waals surface area contributed by atoms with Crippen LogP contribution in [0, 0.1) is 11.8 Å². The molecule has 0 bridgehead atoms. The van der Waals surface area contributed by atoms with Gasteiger partial charge in [-0.2, -0.15) is 0 Å². The van der Waals surface area contributed by atoms with E-state index < -0.39 is 0 Å². The number of hydrogen-bond donors (Lipinski definition) is 1. The standard InChI is InChI=1S/C11H18O/c1-8-6-9-4-2-3-5-10(9)11(12)7-8/h9-12H,1-7H2. The molecule has 0 aromatic heterocycles. The van der Waals surface area contributed by atoms with E-state index in [-0.39, 0.29) is 6.10 Å². The third-order valence-corrected chi connectivity index (χ3v) is 3.51. The number of aliphatic hydroxyl groups is 1. The topological polar surface area (TPSA) is 20.2 Å². The van der Waals surface area contributed by atoms with Crippen LogP contribution >= 0.6 is 0 Å². The highest BCUT2D eigenvalue weighted by molar-refractivity contribution is 5.05. The van der Waals surface area contributed by atoms with Crippen molar-refractivity contribution in [2.75, 3.05) is 0 Å². The molecule has 2 saturated carbocycles. The van der Waals surface area contributed by atoms with Gasteiger partial charge in [0.25, 0.3) is 0 Å². The molecule has 2 rings (SSSR count). The zero-order chi connectivity index (χ0) is 8.55. The smallest absolute Gasteiger partial charge is 0.0608 e. The Morgan fingerprint density at radius 1 is 1.17 bits per heavy atom. The van der Waals surface area contributed by atoms with Crippen LogP contribution < -0.4 is 0 Å². The van der Waals surface area contributed by atoms with Crippen molar-refractivity contribution in [3.63, 3.8) is 0 Å². The maximum Gasteiger partial charge on any atom is 0.0608 e. The SMILES string of the molecule is C=C1CC(O)C2CCCCC2C1. The van der Waals surface area contributed by atoms with Crippen molar-refractivity contribution in [2.45, 2.75) is 44.6 Å². The minimum absolute atomic E-state index is 0.0726. The predicted octanol–water partition coefficient (Wildman–Crippen LogP) is 2.50. The summed E-state index contributed by atoms with van der Waals surface area (Å²) in [5.41, 5.74) is 1.27. The predicted molar refractivity (Wildman–Crippen MR) is 49.8 cm³/mol. The summed E-state index contributed by atoms with van der Waals surface area (Å²) in [6, 6.07) is 0. The van der Waals surface area contributed by atoms with Crippen molar-refractivity contribution < 1.29 is 5.11 Å². The summed E-state index contributed by atoms with van der Waals surface area (Å²) in [5, 5.41) is 9.81. The molecule has 0 spiro atoms. The van der Waals surface area contributed by atoms with E-state index in [4.69, 9.17) is 0 Å². The van der Waals surface area contributed by atoms with Gasteiger partial charge in [-0.1, -0.05) is 25.0 Å². The molecule has 0 amide bonds. The molecule has 1 N–H and O–H groups in total. The number of rotatable bonds is 0. The highest BCUT2D eigenvalue weighted by Crippen LogP contribution is 2.41. The Kier molecular flexibility index (Phi) is 2.22. The fraction of sp³-hybridized carbons (Fsp3) is 0.818. The van der Waals surface area contributed by atoms with E-state index >= 15 is 0 Å². The Balaban J connectivity index is 2.06. The Hall–Kier alpha value is -0.300. The van der Waals surface area contributed by atoms with Gasteiger partial charge in [-0.25, -0.2) is 0 Å². The molecule has 0 aromatic rings. The highest BCUT2D eigenvalue weighted by Gasteiger charge is 2.34. The molecule has 2 fully saturated rings. The van der Waals surface area contributed by atoms with Gasteiger partial charge in [0, 0.05) is 0 Å². The summed E-state index contributed by atoms with van der Waals surface area (Å²) in [6.07, 6.45) is 7.23. The summed E-state index contributed by atoms with van der Waals surface area (Å²) in [6.45, 7) is 4.00. The molecule has 0 aliphatic heterocycles. The lowest BCUT2D eigenvalue weighted by atomic mass is 9.68. The molecular weight excluding hydrogens is 148 g/mol. The normalized spacial score (nSPS) is 42.4. The van der Waals surface area contributed by atoms with Crippen LogP contribution in [0.25, 0.3) is 0 Å². The van der Waals surface area contributed by atoms with Gasteiger partial charge < -0.3 is 5.11 Å². The lowest BCUT2D eigenvalue weighted by Gasteiger charge is -2.39. The largest absolute Gasteiger partial charge is 0.392 e. The minimum atomic E-state index is -0.0726. The van der Waals surface area contributed by atoms with E-state index in [9.17, 15) is 5.11 Å². The molecule has 0 aromatic carbocycles. The summed E-state index contributed by atoms with van der Waals surface area (Å²) in [5.74, 6) is 1.36. The Morgan fingerprint density at radius 3 is 2.75 bits per heavy atom. The fourth-order valence-corrected chi connectivity index (χ4v) is 2.90. The highest BCUT2D eigenvalue weighted by atomic mass is 16.3. The second kappa shape index (κ2) is 3.21. The summed E-state index contributed by atoms with van der Waals surface area (Å²) in [7, 11) is 0. The van der Waals surface area contributed by atoms with Gasteiger partial charge in [0.1, 0.15) is 0 Å². The van der Waals surface area contributed by atoms with Gasteiger partial charge in [0.05, 0.1) is 6.10 Å². The van der Waals surface area contributed by atoms with Crippen LogP contribution in [0.3, 0.4) is 0 Å². The first kappa shape index (κ1) is 8.31. The second-order valence-electron chi connectivity index (χ2n) is 4.43. The Bertz CT molecular complexity index is 185. The molecule has 68 valence electrons. The quantitative estimate of drug-likeness (QED) is 0.548. The van der Waals surface area contributed by atoms with Crippen LogP contribution in [0.15, 0.2) is 12.2 Å². The molecular formula is C11H18O. The van der Waals surface area contributed by atoms with Crippen LogP contribution in [-0.4, -0.2) is 11.2 Å². The third-order valence-electron chi connectivity index (χ3n) is 3.51. The first-order chi connectivity index (χ1) is 5.77. The fourth-order valence-electron chi connectivity index (χ4n) is 2.90. The molecule has 12 heavy (non-hydrogen) atoms. The van der Waals surface area contributed by atoms with Crippen LogP contribution in [0.5, 0.6) is 0 Å². The van der Waals surface area contributed by atoms with Crippen molar-refractivity contribution >= 4 is 0 Å². The minimum Gasteiger partial charge on any atom is -0.392 e. The van der Waals surface area contributed by atoms with Crippen molar-refractivity contribution in [1.82, 2.24) is 0 Å². The average molecular weight is 166 g/mol. The van der Waals surface area contributed by atoms with Crippen molar-refractivity contribution in [1.29, 1.82) is 0 Å². The van der Waals surface area contributed by atoms with Crippen molar-refractivity contribution in [2.24, 2.45) is 11.8 Å². The Labute approximate surface area is 74.5 Å². The van der Waals surface area contributed by atoms with Crippen LogP contribution in [0.2, 0.25) is 0 Å². The molecule has 1 nitrogen and oxygen atoms in total. The number of aliphatic hydroxyl groups excluding tert-OH is 1. The first-order valence-corrected chi connectivity index (χ1v) is 5.12. The van der Waals surface area contributed by atoms with Gasteiger partial charge in [-0.3, -0.25) is 0 Å². The number of fused-ring (bicyclic) bond motifs is 1. The van der Waals surface area contributed by atoms with Gasteiger partial charge in [0.15, 0.2) is 0 Å². The summed E-state index contributed by atoms with van der Waals surface area (Å²) in [4.78, 5) is 0. The van der Waals surface area contributed by atoms with Gasteiger partial charge in [-0.05, 0) is 37.5 Å². The third kappa shape index (κ3) is 1.42. The lowest BCUT2D eigenvalue weighted by molar-refractivity contribution is 0.0297. The second-order valence-corrected chi connectivity index (χ2v) is 4.43. The monoisotopic (exact) mass is 166 g/mol. The molecule has 1 heteroatoms. The van der Waals surface area contributed by atoms with E-state index in [1.165, 1.54) is 37.7 Å². The van der Waals surface area contributed by atoms with Gasteiger partial charge in [-0.15, -0.1) is 0 Å². The first-order valence-electron chi connectivity index (χ1n) is 5.12. The van der Waals surface area contributed by atoms with E-state index in [1.54, 1.807) is 0 Å². The van der Waals surface area contributed by atoms with Gasteiger partial charge >= 0.3 is 0 Å². The molecule has 2 aliphatic rings. The van der Waals surface area contributed by atoms with Crippen LogP contribution in [-0.2, 0) is 0 Å². The summed E-state index contributed by atoms with van der Waals surface area (Å²) >= 11 is 0. The van der Waals surface area contributed by atoms with Crippen LogP contribution in [0.1, 0.15) is 38.5 Å². The molecule has 0 heterocycles.